The summed E-state index contributed by atoms with van der Waals surface area (Å²) in [5, 5.41) is 24.0. The van der Waals surface area contributed by atoms with Gasteiger partial charge < -0.3 is 20.3 Å². The normalized spacial score (nSPS) is 12.9. The third-order valence-electron chi connectivity index (χ3n) is 15.2. The van der Waals surface area contributed by atoms with Crippen LogP contribution in [-0.4, -0.2) is 46.9 Å². The minimum Gasteiger partial charge on any atom is -0.462 e. The number of aliphatic hydroxyl groups excluding tert-OH is 2. The molecule has 0 aliphatic carbocycles. The van der Waals surface area contributed by atoms with Crippen LogP contribution in [0.15, 0.2) is 0 Å². The van der Waals surface area contributed by atoms with Crippen LogP contribution in [0.2, 0.25) is 0 Å². The molecule has 412 valence electrons. The highest BCUT2D eigenvalue weighted by atomic mass is 16.5. The zero-order valence-corrected chi connectivity index (χ0v) is 47.2. The highest BCUT2D eigenvalue weighted by molar-refractivity contribution is 5.77. The summed E-state index contributed by atoms with van der Waals surface area (Å²) >= 11 is 0. The minimum atomic E-state index is -0.781. The fraction of sp³-hybridized carbons (Fsp3) is 0.968. The van der Waals surface area contributed by atoms with Crippen LogP contribution in [0.4, 0.5) is 0 Å². The molecular formula is C63H125NO5. The summed E-state index contributed by atoms with van der Waals surface area (Å²) in [6.07, 6.45) is 66.1. The smallest absolute Gasteiger partial charge is 0.306 e. The molecule has 0 aromatic rings. The molecule has 3 N–H and O–H groups in total. The maximum atomic E-state index is 13.3. The maximum Gasteiger partial charge on any atom is 0.306 e. The summed E-state index contributed by atoms with van der Waals surface area (Å²) in [5.41, 5.74) is 0. The van der Waals surface area contributed by atoms with Gasteiger partial charge in [-0.25, -0.2) is 0 Å². The molecule has 0 aromatic heterocycles. The molecule has 0 fully saturated rings. The van der Waals surface area contributed by atoms with Gasteiger partial charge >= 0.3 is 5.97 Å². The Morgan fingerprint density at radius 1 is 0.362 bits per heavy atom. The Balaban J connectivity index is 4.46. The van der Waals surface area contributed by atoms with Crippen molar-refractivity contribution in [3.05, 3.63) is 0 Å². The molecule has 0 spiro atoms. The first-order valence-corrected chi connectivity index (χ1v) is 31.8. The largest absolute Gasteiger partial charge is 0.462 e. The van der Waals surface area contributed by atoms with Gasteiger partial charge in [-0.05, 0) is 25.7 Å². The Bertz CT molecular complexity index is 1010. The van der Waals surface area contributed by atoms with Crippen molar-refractivity contribution in [1.29, 1.82) is 0 Å². The van der Waals surface area contributed by atoms with Gasteiger partial charge in [-0.2, -0.15) is 0 Å². The lowest BCUT2D eigenvalue weighted by Gasteiger charge is -2.24. The topological polar surface area (TPSA) is 95.9 Å². The van der Waals surface area contributed by atoms with Crippen LogP contribution in [0.3, 0.4) is 0 Å². The average molecular weight is 977 g/mol. The molecule has 0 saturated carbocycles. The van der Waals surface area contributed by atoms with Crippen molar-refractivity contribution in [2.45, 2.75) is 386 Å². The fourth-order valence-electron chi connectivity index (χ4n) is 10.4. The van der Waals surface area contributed by atoms with Crippen LogP contribution in [0, 0.1) is 0 Å². The van der Waals surface area contributed by atoms with Gasteiger partial charge in [0.05, 0.1) is 25.2 Å². The van der Waals surface area contributed by atoms with Gasteiger partial charge in [-0.3, -0.25) is 9.59 Å². The predicted molar refractivity (Wildman–Crippen MR) is 301 cm³/mol. The lowest BCUT2D eigenvalue weighted by Crippen LogP contribution is -2.46. The summed E-state index contributed by atoms with van der Waals surface area (Å²) in [5.74, 6) is -0.439. The molecule has 1 amide bonds. The monoisotopic (exact) mass is 976 g/mol. The van der Waals surface area contributed by atoms with E-state index in [4.69, 9.17) is 4.74 Å². The lowest BCUT2D eigenvalue weighted by atomic mass is 10.0. The maximum absolute atomic E-state index is 13.3. The third kappa shape index (κ3) is 53.0. The average Bonchev–Trinajstić information content (AvgIpc) is 3.34. The molecule has 0 bridgehead atoms. The summed E-state index contributed by atoms with van der Waals surface area (Å²) in [4.78, 5) is 26.4. The van der Waals surface area contributed by atoms with Gasteiger partial charge in [-0.15, -0.1) is 0 Å². The van der Waals surface area contributed by atoms with Crippen LogP contribution in [0.25, 0.3) is 0 Å². The molecule has 0 radical (unpaired) electrons. The zero-order chi connectivity index (χ0) is 50.2. The fourth-order valence-corrected chi connectivity index (χ4v) is 10.4. The lowest BCUT2D eigenvalue weighted by molar-refractivity contribution is -0.151. The number of ether oxygens (including phenoxy) is 1. The molecule has 0 heterocycles. The molecule has 3 unspecified atom stereocenters. The first-order valence-electron chi connectivity index (χ1n) is 31.8. The van der Waals surface area contributed by atoms with Gasteiger partial charge in [-0.1, -0.05) is 329 Å². The van der Waals surface area contributed by atoms with Gasteiger partial charge in [0.1, 0.15) is 6.10 Å². The van der Waals surface area contributed by atoms with Crippen molar-refractivity contribution < 1.29 is 24.5 Å². The van der Waals surface area contributed by atoms with Gasteiger partial charge in [0.25, 0.3) is 0 Å². The second kappa shape index (κ2) is 57.8. The van der Waals surface area contributed by atoms with E-state index in [1.807, 2.05) is 0 Å². The second-order valence-corrected chi connectivity index (χ2v) is 22.2. The number of carbonyl (C=O) groups excluding carboxylic acids is 2. The van der Waals surface area contributed by atoms with E-state index in [0.29, 0.717) is 19.3 Å². The van der Waals surface area contributed by atoms with E-state index in [2.05, 4.69) is 26.1 Å². The molecule has 0 aliphatic heterocycles. The molecule has 6 heteroatoms. The molecule has 0 saturated heterocycles. The highest BCUT2D eigenvalue weighted by Gasteiger charge is 2.24. The molecule has 69 heavy (non-hydrogen) atoms. The Morgan fingerprint density at radius 2 is 0.609 bits per heavy atom. The van der Waals surface area contributed by atoms with E-state index in [-0.39, 0.29) is 24.9 Å². The summed E-state index contributed by atoms with van der Waals surface area (Å²) in [6, 6.07) is -0.694. The number of nitrogens with one attached hydrogen (secondary N) is 1. The minimum absolute atomic E-state index is 0.0892. The van der Waals surface area contributed by atoms with Crippen molar-refractivity contribution >= 4 is 11.9 Å². The number of hydrogen-bond donors (Lipinski definition) is 3. The van der Waals surface area contributed by atoms with Crippen molar-refractivity contribution in [1.82, 2.24) is 5.32 Å². The standard InChI is InChI=1S/C63H125NO5/c1-4-7-10-13-16-19-22-25-28-30-31-33-35-38-41-44-47-50-53-56-63(68)69-59(54-51-48-45-42-39-36-34-32-29-26-23-20-17-14-11-8-5-2)57-62(67)64-60(58-65)61(66)55-52-49-46-43-40-37-27-24-21-18-15-12-9-6-3/h59-61,65-66H,4-58H2,1-3H3,(H,64,67). The molecular weight excluding hydrogens is 851 g/mol. The number of amides is 1. The quantitative estimate of drug-likeness (QED) is 0.0417. The van der Waals surface area contributed by atoms with Crippen LogP contribution >= 0.6 is 0 Å². The number of unbranched alkanes of at least 4 members (excludes halogenated alkanes) is 47. The summed E-state index contributed by atoms with van der Waals surface area (Å²) < 4.78 is 5.99. The first-order chi connectivity index (χ1) is 34.0. The number of carbonyl (C=O) groups is 2. The molecule has 3 atom stereocenters. The SMILES string of the molecule is CCCCCCCCCCCCCCCCCCCCCC(=O)OC(CCCCCCCCCCCCCCCCCCC)CC(=O)NC(CO)C(O)CCCCCCCCCCCCCCCC. The summed E-state index contributed by atoms with van der Waals surface area (Å²) in [7, 11) is 0. The predicted octanol–water partition coefficient (Wildman–Crippen LogP) is 19.9. The van der Waals surface area contributed by atoms with E-state index in [1.165, 1.54) is 283 Å². The molecule has 6 nitrogen and oxygen atoms in total. The molecule has 0 aromatic carbocycles. The number of aliphatic hydroxyl groups is 2. The van der Waals surface area contributed by atoms with Crippen molar-refractivity contribution in [3.63, 3.8) is 0 Å². The number of hydrogen-bond acceptors (Lipinski definition) is 5. The van der Waals surface area contributed by atoms with Crippen molar-refractivity contribution in [3.8, 4) is 0 Å². The van der Waals surface area contributed by atoms with Crippen LogP contribution in [0.5, 0.6) is 0 Å². The first kappa shape index (κ1) is 67.9. The highest BCUT2D eigenvalue weighted by Crippen LogP contribution is 2.20. The van der Waals surface area contributed by atoms with Crippen molar-refractivity contribution in [2.75, 3.05) is 6.61 Å². The Kier molecular flexibility index (Phi) is 56.8. The van der Waals surface area contributed by atoms with Crippen LogP contribution < -0.4 is 5.32 Å². The van der Waals surface area contributed by atoms with Gasteiger partial charge in [0.2, 0.25) is 5.91 Å². The zero-order valence-electron chi connectivity index (χ0n) is 47.2. The van der Waals surface area contributed by atoms with E-state index in [9.17, 15) is 19.8 Å². The van der Waals surface area contributed by atoms with Crippen LogP contribution in [0.1, 0.15) is 367 Å². The van der Waals surface area contributed by atoms with Gasteiger partial charge in [0.15, 0.2) is 0 Å². The van der Waals surface area contributed by atoms with Gasteiger partial charge in [0, 0.05) is 6.42 Å². The Hall–Kier alpha value is -1.14. The number of esters is 1. The molecule has 0 aliphatic rings. The van der Waals surface area contributed by atoms with E-state index in [0.717, 1.165) is 38.5 Å². The Labute approximate surface area is 432 Å². The number of rotatable bonds is 59. The second-order valence-electron chi connectivity index (χ2n) is 22.2. The Morgan fingerprint density at radius 3 is 0.884 bits per heavy atom. The van der Waals surface area contributed by atoms with E-state index < -0.39 is 18.2 Å². The van der Waals surface area contributed by atoms with E-state index in [1.54, 1.807) is 0 Å². The van der Waals surface area contributed by atoms with E-state index >= 15 is 0 Å². The van der Waals surface area contributed by atoms with Crippen molar-refractivity contribution in [2.24, 2.45) is 0 Å². The third-order valence-corrected chi connectivity index (χ3v) is 15.2. The van der Waals surface area contributed by atoms with Crippen LogP contribution in [-0.2, 0) is 14.3 Å². The summed E-state index contributed by atoms with van der Waals surface area (Å²) in [6.45, 7) is 6.55. The molecule has 0 rings (SSSR count).